The van der Waals surface area contributed by atoms with E-state index in [4.69, 9.17) is 5.73 Å². The number of hydrogen-bond donors (Lipinski definition) is 12. The first kappa shape index (κ1) is 50.3. The summed E-state index contributed by atoms with van der Waals surface area (Å²) in [6.45, 7) is 5.28. The van der Waals surface area contributed by atoms with E-state index >= 15 is 0 Å². The second-order valence-electron chi connectivity index (χ2n) is 16.2. The highest BCUT2D eigenvalue weighted by Gasteiger charge is 2.41. The molecule has 2 saturated heterocycles. The Morgan fingerprint density at radius 3 is 1.94 bits per heavy atom. The maximum atomic E-state index is 14.2. The molecule has 0 spiro atoms. The summed E-state index contributed by atoms with van der Waals surface area (Å²) < 4.78 is 0. The summed E-state index contributed by atoms with van der Waals surface area (Å²) in [6, 6.07) is -3.23. The number of aromatic nitrogens is 1. The number of rotatable bonds is 12. The summed E-state index contributed by atoms with van der Waals surface area (Å²) in [5.74, 6) is -8.48. The molecule has 0 unspecified atom stereocenters. The number of fused-ring (bicyclic) bond motifs is 2. The molecule has 11 N–H and O–H groups in total. The van der Waals surface area contributed by atoms with E-state index in [0.717, 1.165) is 15.8 Å². The Kier molecular flexibility index (Phi) is 19.1. The van der Waals surface area contributed by atoms with Gasteiger partial charge in [-0.1, -0.05) is 32.0 Å². The van der Waals surface area contributed by atoms with Crippen LogP contribution >= 0.6 is 25.3 Å². The van der Waals surface area contributed by atoms with E-state index in [9.17, 15) is 48.3 Å². The number of thiol groups is 2. The molecule has 4 rings (SSSR count). The number of carboxylic acids is 1. The number of carboxylic acid groups (broad SMARTS) is 1. The van der Waals surface area contributed by atoms with Crippen LogP contribution in [0, 0.1) is 5.92 Å². The van der Waals surface area contributed by atoms with Crippen molar-refractivity contribution in [1.82, 2.24) is 47.1 Å². The Balaban J connectivity index is 1.75. The van der Waals surface area contributed by atoms with Gasteiger partial charge >= 0.3 is 5.97 Å². The molecule has 1 aromatic carbocycles. The Hall–Kier alpha value is -5.35. The number of nitrogens with zero attached hydrogens (tertiary/aromatic N) is 1. The number of carbonyl (C=O) groups excluding carboxylic acids is 8. The van der Waals surface area contributed by atoms with Crippen LogP contribution in [0.5, 0.6) is 0 Å². The van der Waals surface area contributed by atoms with Gasteiger partial charge in [0.05, 0.1) is 6.42 Å². The molecule has 346 valence electrons. The van der Waals surface area contributed by atoms with Gasteiger partial charge in [0.2, 0.25) is 47.3 Å². The molecule has 8 amide bonds. The topological polar surface area (TPSA) is 303 Å². The van der Waals surface area contributed by atoms with E-state index in [1.165, 1.54) is 6.92 Å². The van der Waals surface area contributed by atoms with Gasteiger partial charge in [-0.25, -0.2) is 0 Å². The van der Waals surface area contributed by atoms with Gasteiger partial charge in [-0.05, 0) is 69.5 Å². The second kappa shape index (κ2) is 23.9. The average Bonchev–Trinajstić information content (AvgIpc) is 3.90. The zero-order valence-corrected chi connectivity index (χ0v) is 37.4. The zero-order valence-electron chi connectivity index (χ0n) is 35.6. The molecule has 0 aliphatic carbocycles. The maximum Gasteiger partial charge on any atom is 0.305 e. The summed E-state index contributed by atoms with van der Waals surface area (Å²) in [4.78, 5) is 127. The van der Waals surface area contributed by atoms with Crippen LogP contribution in [0.2, 0.25) is 0 Å². The van der Waals surface area contributed by atoms with Crippen LogP contribution in [0.25, 0.3) is 10.9 Å². The van der Waals surface area contributed by atoms with E-state index in [1.807, 2.05) is 24.3 Å². The van der Waals surface area contributed by atoms with Gasteiger partial charge in [0.15, 0.2) is 0 Å². The molecule has 63 heavy (non-hydrogen) atoms. The Bertz CT molecular complexity index is 2000. The smallest absolute Gasteiger partial charge is 0.305 e. The van der Waals surface area contributed by atoms with Crippen molar-refractivity contribution in [1.29, 1.82) is 0 Å². The summed E-state index contributed by atoms with van der Waals surface area (Å²) >= 11 is 8.50. The van der Waals surface area contributed by atoms with Crippen LogP contribution in [0.3, 0.4) is 0 Å². The minimum atomic E-state index is -1.67. The number of carbonyl (C=O) groups is 9. The first-order valence-corrected chi connectivity index (χ1v) is 22.4. The molecule has 2 aromatic rings. The third-order valence-electron chi connectivity index (χ3n) is 10.9. The molecule has 0 bridgehead atoms. The van der Waals surface area contributed by atoms with Gasteiger partial charge in [0.1, 0.15) is 48.3 Å². The van der Waals surface area contributed by atoms with Gasteiger partial charge in [-0.2, -0.15) is 25.3 Å². The number of nitrogens with two attached hydrogens (primary N) is 1. The lowest BCUT2D eigenvalue weighted by atomic mass is 10.0. The monoisotopic (exact) mass is 916 g/mol. The third-order valence-corrected chi connectivity index (χ3v) is 11.6. The first-order chi connectivity index (χ1) is 30.0. The zero-order chi connectivity index (χ0) is 46.4. The molecule has 0 radical (unpaired) electrons. The Morgan fingerprint density at radius 1 is 0.746 bits per heavy atom. The summed E-state index contributed by atoms with van der Waals surface area (Å²) in [6.07, 6.45) is 2.33. The molecular formula is C41H60N10O10S2. The molecule has 0 saturated carbocycles. The third kappa shape index (κ3) is 14.1. The number of hydrogen-bond acceptors (Lipinski definition) is 12. The molecule has 2 fully saturated rings. The van der Waals surface area contributed by atoms with Crippen molar-refractivity contribution in [3.63, 3.8) is 0 Å². The highest BCUT2D eigenvalue weighted by Crippen LogP contribution is 2.22. The first-order valence-electron chi connectivity index (χ1n) is 21.1. The predicted octanol–water partition coefficient (Wildman–Crippen LogP) is -1.36. The van der Waals surface area contributed by atoms with Crippen molar-refractivity contribution in [2.24, 2.45) is 11.7 Å². The van der Waals surface area contributed by atoms with Gasteiger partial charge in [0.25, 0.3) is 0 Å². The number of amides is 8. The van der Waals surface area contributed by atoms with E-state index in [-0.39, 0.29) is 49.7 Å². The van der Waals surface area contributed by atoms with Crippen LogP contribution in [0.4, 0.5) is 0 Å². The van der Waals surface area contributed by atoms with Crippen molar-refractivity contribution in [2.45, 2.75) is 120 Å². The Labute approximate surface area is 376 Å². The minimum Gasteiger partial charge on any atom is -0.481 e. The molecule has 3 heterocycles. The standard InChI is InChI=1S/C41H60N10O10S2/c1-21(2)15-27-36(56)50-31(20-63)39(59)48-29(17-33(52)53)41(61)51-14-8-12-32(51)40(60)45-26(11-6-7-13-42)35(55)47-28(16-23-18-43-25-10-5-4-9-24(23)25)37(57)49-30(19-62)38(58)44-22(3)34(54)46-27/h4-5,9-10,18,21-22,26-32,43,62-63H,6-8,11-17,19-20,42H2,1-3H3,(H,44,58)(H,45,60)(H,46,54)(H,47,55)(H,48,59)(H,49,57)(H,50,56)(H,52,53)/t22-,26-,27-,28-,29-,30-,31-,32-/m0/s1. The highest BCUT2D eigenvalue weighted by molar-refractivity contribution is 7.80. The number of benzene rings is 1. The fourth-order valence-corrected chi connectivity index (χ4v) is 8.01. The number of aromatic amines is 1. The van der Waals surface area contributed by atoms with E-state index in [2.05, 4.69) is 67.5 Å². The van der Waals surface area contributed by atoms with Crippen molar-refractivity contribution >= 4 is 89.4 Å². The fourth-order valence-electron chi connectivity index (χ4n) is 7.49. The average molecular weight is 917 g/mol. The van der Waals surface area contributed by atoms with Crippen molar-refractivity contribution in [2.75, 3.05) is 24.6 Å². The summed E-state index contributed by atoms with van der Waals surface area (Å²) in [5, 5.41) is 28.7. The van der Waals surface area contributed by atoms with Crippen molar-refractivity contribution < 1.29 is 48.3 Å². The number of nitrogens with one attached hydrogen (secondary N) is 8. The quantitative estimate of drug-likeness (QED) is 0.0872. The van der Waals surface area contributed by atoms with Gasteiger partial charge in [0, 0.05) is 41.6 Å². The van der Waals surface area contributed by atoms with E-state index < -0.39 is 108 Å². The maximum absolute atomic E-state index is 14.2. The van der Waals surface area contributed by atoms with Crippen LogP contribution in [-0.4, -0.2) is 141 Å². The molecule has 1 aromatic heterocycles. The number of aliphatic carboxylic acids is 1. The van der Waals surface area contributed by atoms with Crippen LogP contribution in [0.1, 0.15) is 71.3 Å². The fraction of sp³-hybridized carbons (Fsp3) is 0.585. The van der Waals surface area contributed by atoms with Gasteiger partial charge < -0.3 is 57.9 Å². The summed E-state index contributed by atoms with van der Waals surface area (Å²) in [7, 11) is 0. The van der Waals surface area contributed by atoms with Crippen LogP contribution in [-0.2, 0) is 49.6 Å². The molecule has 2 aliphatic heterocycles. The SMILES string of the molecule is CC(C)C[C@@H]1NC(=O)[C@H](C)NC(=O)[C@H](CS)NC(=O)[C@H](Cc2c[nH]c3ccccc23)NC(=O)[C@H](CCCCN)NC(=O)[C@@H]2CCCN2C(=O)[C@H](CC(=O)O)NC(=O)[C@H](CS)NC1=O. The molecule has 20 nitrogen and oxygen atoms in total. The number of H-pyrrole nitrogens is 1. The molecular weight excluding hydrogens is 857 g/mol. The van der Waals surface area contributed by atoms with Gasteiger partial charge in [-0.3, -0.25) is 43.2 Å². The number of unbranched alkanes of at least 4 members (excludes halogenated alkanes) is 1. The normalized spacial score (nSPS) is 26.4. The van der Waals surface area contributed by atoms with E-state index in [1.54, 1.807) is 20.0 Å². The largest absolute Gasteiger partial charge is 0.481 e. The lowest BCUT2D eigenvalue weighted by Crippen LogP contribution is -2.61. The van der Waals surface area contributed by atoms with Gasteiger partial charge in [-0.15, -0.1) is 0 Å². The predicted molar refractivity (Wildman–Crippen MR) is 238 cm³/mol. The number of para-hydroxylation sites is 1. The van der Waals surface area contributed by atoms with Crippen LogP contribution in [0.15, 0.2) is 30.5 Å². The van der Waals surface area contributed by atoms with Crippen molar-refractivity contribution in [3.8, 4) is 0 Å². The molecule has 22 heteroatoms. The highest BCUT2D eigenvalue weighted by atomic mass is 32.1. The summed E-state index contributed by atoms with van der Waals surface area (Å²) in [5.41, 5.74) is 7.17. The lowest BCUT2D eigenvalue weighted by molar-refractivity contribution is -0.146. The van der Waals surface area contributed by atoms with Crippen LogP contribution < -0.4 is 43.0 Å². The van der Waals surface area contributed by atoms with Crippen molar-refractivity contribution in [3.05, 3.63) is 36.0 Å². The lowest BCUT2D eigenvalue weighted by Gasteiger charge is -2.31. The molecule has 8 atom stereocenters. The van der Waals surface area contributed by atoms with E-state index in [0.29, 0.717) is 31.4 Å². The minimum absolute atomic E-state index is 0.0292. The second-order valence-corrected chi connectivity index (χ2v) is 17.0. The Morgan fingerprint density at radius 2 is 1.30 bits per heavy atom. The molecule has 2 aliphatic rings.